The van der Waals surface area contributed by atoms with Crippen molar-refractivity contribution in [3.8, 4) is 0 Å². The van der Waals surface area contributed by atoms with Crippen molar-refractivity contribution in [3.63, 3.8) is 0 Å². The van der Waals surface area contributed by atoms with E-state index >= 15 is 0 Å². The molecular weight excluding hydrogens is 174 g/mol. The van der Waals surface area contributed by atoms with Gasteiger partial charge in [0.25, 0.3) is 5.91 Å². The Kier molecular flexibility index (Phi) is 5.25. The van der Waals surface area contributed by atoms with Gasteiger partial charge in [-0.3, -0.25) is 4.79 Å². The van der Waals surface area contributed by atoms with E-state index in [1.165, 1.54) is 14.2 Å². The summed E-state index contributed by atoms with van der Waals surface area (Å²) in [7, 11) is 2.79. The minimum Gasteiger partial charge on any atom is -0.410 e. The second-order valence-corrected chi connectivity index (χ2v) is 2.10. The van der Waals surface area contributed by atoms with Gasteiger partial charge in [-0.1, -0.05) is 17.2 Å². The van der Waals surface area contributed by atoms with E-state index in [9.17, 15) is 4.79 Å². The molecule has 6 heteroatoms. The number of hydrogen-bond donors (Lipinski definition) is 2. The summed E-state index contributed by atoms with van der Waals surface area (Å²) in [5.41, 5.74) is 0.163. The normalized spacial score (nSPS) is 12.5. The van der Waals surface area contributed by atoms with Gasteiger partial charge in [0.15, 0.2) is 5.71 Å². The minimum atomic E-state index is -0.500. The summed E-state index contributed by atoms with van der Waals surface area (Å²) < 4.78 is 0. The number of carbonyl (C=O) groups excluding carboxylic acids is 1. The molecule has 0 heterocycles. The maximum atomic E-state index is 11.1. The van der Waals surface area contributed by atoms with Gasteiger partial charge in [-0.15, -0.1) is 0 Å². The van der Waals surface area contributed by atoms with Gasteiger partial charge in [-0.05, 0) is 6.42 Å². The summed E-state index contributed by atoms with van der Waals surface area (Å²) in [6, 6.07) is 0. The van der Waals surface area contributed by atoms with Crippen LogP contribution in [0.1, 0.15) is 13.3 Å². The molecule has 1 amide bonds. The summed E-state index contributed by atoms with van der Waals surface area (Å²) in [6.07, 6.45) is 0.445. The third-order valence-electron chi connectivity index (χ3n) is 1.35. The predicted molar refractivity (Wildman–Crippen MR) is 48.0 cm³/mol. The number of nitrogens with zero attached hydrogens (tertiary/aromatic N) is 2. The molecule has 0 rings (SSSR count). The van der Waals surface area contributed by atoms with Crippen molar-refractivity contribution >= 4 is 17.3 Å². The van der Waals surface area contributed by atoms with Crippen LogP contribution < -0.4 is 5.32 Å². The van der Waals surface area contributed by atoms with Crippen LogP contribution in [0.15, 0.2) is 10.3 Å². The van der Waals surface area contributed by atoms with Gasteiger partial charge in [-0.25, -0.2) is 0 Å². The molecule has 6 nitrogen and oxygen atoms in total. The van der Waals surface area contributed by atoms with Gasteiger partial charge >= 0.3 is 0 Å². The Morgan fingerprint density at radius 1 is 1.62 bits per heavy atom. The fraction of sp³-hybridized carbons (Fsp3) is 0.571. The first-order valence-corrected chi connectivity index (χ1v) is 3.75. The minimum absolute atomic E-state index is 0.133. The van der Waals surface area contributed by atoms with E-state index in [2.05, 4.69) is 20.5 Å². The van der Waals surface area contributed by atoms with Crippen molar-refractivity contribution < 1.29 is 14.8 Å². The lowest BCUT2D eigenvalue weighted by atomic mass is 10.2. The first-order valence-electron chi connectivity index (χ1n) is 3.75. The lowest BCUT2D eigenvalue weighted by Crippen LogP contribution is -2.33. The highest BCUT2D eigenvalue weighted by molar-refractivity contribution is 6.66. The first kappa shape index (κ1) is 11.4. The van der Waals surface area contributed by atoms with Crippen molar-refractivity contribution in [2.45, 2.75) is 13.3 Å². The van der Waals surface area contributed by atoms with Crippen LogP contribution in [-0.4, -0.2) is 36.7 Å². The SMILES string of the molecule is CCC(=NOC)C(=NO)C(=O)NC. The molecule has 13 heavy (non-hydrogen) atoms. The summed E-state index contributed by atoms with van der Waals surface area (Å²) in [5, 5.41) is 17.3. The number of amides is 1. The largest absolute Gasteiger partial charge is 0.410 e. The Bertz CT molecular complexity index is 235. The van der Waals surface area contributed by atoms with Crippen molar-refractivity contribution in [1.29, 1.82) is 0 Å². The standard InChI is InChI=1S/C7H13N3O3/c1-4-5(10-13-3)6(9-12)7(11)8-2/h12H,4H2,1-3H3,(H,8,11). The zero-order valence-electron chi connectivity index (χ0n) is 7.87. The van der Waals surface area contributed by atoms with Crippen LogP contribution in [0.3, 0.4) is 0 Å². The van der Waals surface area contributed by atoms with E-state index < -0.39 is 5.91 Å². The summed E-state index contributed by atoms with van der Waals surface area (Å²) in [4.78, 5) is 15.6. The monoisotopic (exact) mass is 187 g/mol. The molecule has 0 saturated carbocycles. The van der Waals surface area contributed by atoms with E-state index in [1.54, 1.807) is 6.92 Å². The summed E-state index contributed by atoms with van der Waals surface area (Å²) in [6.45, 7) is 1.77. The van der Waals surface area contributed by atoms with Gasteiger partial charge < -0.3 is 15.4 Å². The van der Waals surface area contributed by atoms with Gasteiger partial charge in [-0.2, -0.15) is 0 Å². The van der Waals surface area contributed by atoms with Crippen LogP contribution in [0.4, 0.5) is 0 Å². The van der Waals surface area contributed by atoms with Gasteiger partial charge in [0.1, 0.15) is 12.8 Å². The Labute approximate surface area is 76.2 Å². The van der Waals surface area contributed by atoms with Gasteiger partial charge in [0, 0.05) is 7.05 Å². The molecule has 0 bridgehead atoms. The van der Waals surface area contributed by atoms with E-state index in [-0.39, 0.29) is 5.71 Å². The predicted octanol–water partition coefficient (Wildman–Crippen LogP) is -0.0250. The third-order valence-corrected chi connectivity index (χ3v) is 1.35. The molecule has 0 fully saturated rings. The molecule has 0 radical (unpaired) electrons. The molecule has 0 unspecified atom stereocenters. The zero-order chi connectivity index (χ0) is 10.3. The second kappa shape index (κ2) is 5.99. The lowest BCUT2D eigenvalue weighted by molar-refractivity contribution is -0.114. The smallest absolute Gasteiger partial charge is 0.275 e. The molecule has 0 aliphatic heterocycles. The third kappa shape index (κ3) is 3.10. The quantitative estimate of drug-likeness (QED) is 0.368. The molecular formula is C7H13N3O3. The van der Waals surface area contributed by atoms with Crippen LogP contribution in [0, 0.1) is 0 Å². The Morgan fingerprint density at radius 3 is 2.54 bits per heavy atom. The Balaban J connectivity index is 4.75. The molecule has 0 aliphatic carbocycles. The van der Waals surface area contributed by atoms with Crippen LogP contribution in [0.2, 0.25) is 0 Å². The number of hydrogen-bond acceptors (Lipinski definition) is 5. The van der Waals surface area contributed by atoms with Crippen LogP contribution in [-0.2, 0) is 9.63 Å². The van der Waals surface area contributed by atoms with E-state index in [4.69, 9.17) is 5.21 Å². The zero-order valence-corrected chi connectivity index (χ0v) is 7.87. The molecule has 0 aromatic rings. The van der Waals surface area contributed by atoms with E-state index in [0.29, 0.717) is 12.1 Å². The molecule has 0 saturated heterocycles. The number of rotatable bonds is 4. The number of carbonyl (C=O) groups is 1. The number of oxime groups is 2. The molecule has 0 aliphatic rings. The topological polar surface area (TPSA) is 83.3 Å². The Hall–Kier alpha value is -1.59. The molecule has 0 aromatic carbocycles. The van der Waals surface area contributed by atoms with Crippen LogP contribution in [0.25, 0.3) is 0 Å². The fourth-order valence-corrected chi connectivity index (χ4v) is 0.738. The van der Waals surface area contributed by atoms with Crippen molar-refractivity contribution in [1.82, 2.24) is 5.32 Å². The number of nitrogens with one attached hydrogen (secondary N) is 1. The van der Waals surface area contributed by atoms with Gasteiger partial charge in [0.2, 0.25) is 0 Å². The average molecular weight is 187 g/mol. The van der Waals surface area contributed by atoms with E-state index in [1.807, 2.05) is 0 Å². The molecule has 2 N–H and O–H groups in total. The highest BCUT2D eigenvalue weighted by Gasteiger charge is 2.16. The molecule has 74 valence electrons. The van der Waals surface area contributed by atoms with Gasteiger partial charge in [0.05, 0.1) is 0 Å². The Morgan fingerprint density at radius 2 is 2.23 bits per heavy atom. The van der Waals surface area contributed by atoms with Crippen molar-refractivity contribution in [3.05, 3.63) is 0 Å². The molecule has 0 spiro atoms. The highest BCUT2D eigenvalue weighted by atomic mass is 16.6. The molecule has 0 atom stereocenters. The van der Waals surface area contributed by atoms with Crippen molar-refractivity contribution in [2.24, 2.45) is 10.3 Å². The van der Waals surface area contributed by atoms with E-state index in [0.717, 1.165) is 0 Å². The van der Waals surface area contributed by atoms with Crippen LogP contribution >= 0.6 is 0 Å². The maximum absolute atomic E-state index is 11.1. The second-order valence-electron chi connectivity index (χ2n) is 2.10. The van der Waals surface area contributed by atoms with Crippen molar-refractivity contribution in [2.75, 3.05) is 14.2 Å². The fourth-order valence-electron chi connectivity index (χ4n) is 0.738. The summed E-state index contributed by atoms with van der Waals surface area (Å²) in [5.74, 6) is -0.500. The lowest BCUT2D eigenvalue weighted by Gasteiger charge is -2.03. The highest BCUT2D eigenvalue weighted by Crippen LogP contribution is 1.92. The molecule has 0 aromatic heterocycles. The van der Waals surface area contributed by atoms with Crippen LogP contribution in [0.5, 0.6) is 0 Å². The summed E-state index contributed by atoms with van der Waals surface area (Å²) >= 11 is 0. The maximum Gasteiger partial charge on any atom is 0.275 e. The average Bonchev–Trinajstić information content (AvgIpc) is 2.17. The first-order chi connectivity index (χ1) is 6.21.